The summed E-state index contributed by atoms with van der Waals surface area (Å²) < 4.78 is 31.2. The molecule has 2 aliphatic rings. The fourth-order valence-electron chi connectivity index (χ4n) is 4.02. The van der Waals surface area contributed by atoms with Gasteiger partial charge in [0.05, 0.1) is 19.4 Å². The molecule has 1 heterocycles. The lowest BCUT2D eigenvalue weighted by molar-refractivity contribution is 0.0792. The SMILES string of the molecule is COC(=O)N1CCCC(NS(C)(=O)=O)C1Cc1cccc(C2CCC2)c1. The van der Waals surface area contributed by atoms with E-state index in [1.807, 2.05) is 0 Å². The number of carbonyl (C=O) groups is 1. The van der Waals surface area contributed by atoms with Crippen LogP contribution in [-0.2, 0) is 21.2 Å². The summed E-state index contributed by atoms with van der Waals surface area (Å²) in [5, 5.41) is 0. The second kappa shape index (κ2) is 7.96. The molecule has 1 amide bonds. The summed E-state index contributed by atoms with van der Waals surface area (Å²) in [4.78, 5) is 13.9. The molecule has 0 bridgehead atoms. The van der Waals surface area contributed by atoms with Gasteiger partial charge in [-0.3, -0.25) is 0 Å². The van der Waals surface area contributed by atoms with E-state index in [-0.39, 0.29) is 12.1 Å². The number of amides is 1. The van der Waals surface area contributed by atoms with Crippen LogP contribution in [0, 0.1) is 0 Å². The fourth-order valence-corrected chi connectivity index (χ4v) is 4.85. The van der Waals surface area contributed by atoms with E-state index in [0.717, 1.165) is 12.0 Å². The Bertz CT molecular complexity index is 746. The third-order valence-corrected chi connectivity index (χ3v) is 6.26. The second-order valence-corrected chi connectivity index (χ2v) is 9.23. The maximum atomic E-state index is 12.2. The molecule has 2 fully saturated rings. The highest BCUT2D eigenvalue weighted by Crippen LogP contribution is 2.36. The number of hydrogen-bond donors (Lipinski definition) is 1. The maximum absolute atomic E-state index is 12.2. The van der Waals surface area contributed by atoms with Crippen LogP contribution in [0.4, 0.5) is 4.79 Å². The summed E-state index contributed by atoms with van der Waals surface area (Å²) in [7, 11) is -1.98. The Hall–Kier alpha value is -1.60. The van der Waals surface area contributed by atoms with Crippen LogP contribution in [0.2, 0.25) is 0 Å². The number of carbonyl (C=O) groups excluding carboxylic acids is 1. The van der Waals surface area contributed by atoms with E-state index in [2.05, 4.69) is 29.0 Å². The number of rotatable bonds is 5. The smallest absolute Gasteiger partial charge is 0.409 e. The van der Waals surface area contributed by atoms with Gasteiger partial charge >= 0.3 is 6.09 Å². The normalized spacial score (nSPS) is 24.2. The van der Waals surface area contributed by atoms with Crippen molar-refractivity contribution in [3.63, 3.8) is 0 Å². The van der Waals surface area contributed by atoms with Gasteiger partial charge in [0.1, 0.15) is 0 Å². The lowest BCUT2D eigenvalue weighted by Gasteiger charge is -2.40. The number of likely N-dealkylation sites (tertiary alicyclic amines) is 1. The zero-order valence-electron chi connectivity index (χ0n) is 15.5. The van der Waals surface area contributed by atoms with E-state index in [9.17, 15) is 13.2 Å². The van der Waals surface area contributed by atoms with Crippen molar-refractivity contribution in [2.75, 3.05) is 19.9 Å². The highest BCUT2D eigenvalue weighted by atomic mass is 32.2. The van der Waals surface area contributed by atoms with Gasteiger partial charge in [0.15, 0.2) is 0 Å². The van der Waals surface area contributed by atoms with Gasteiger partial charge in [-0.05, 0) is 49.1 Å². The summed E-state index contributed by atoms with van der Waals surface area (Å²) in [6.07, 6.45) is 6.60. The molecule has 144 valence electrons. The largest absolute Gasteiger partial charge is 0.453 e. The van der Waals surface area contributed by atoms with Gasteiger partial charge in [-0.1, -0.05) is 30.7 Å². The first-order valence-corrected chi connectivity index (χ1v) is 11.2. The van der Waals surface area contributed by atoms with Crippen LogP contribution in [0.25, 0.3) is 0 Å². The molecule has 0 radical (unpaired) electrons. The van der Waals surface area contributed by atoms with Gasteiger partial charge in [0, 0.05) is 12.6 Å². The zero-order chi connectivity index (χ0) is 18.7. The highest BCUT2D eigenvalue weighted by molar-refractivity contribution is 7.88. The third-order valence-electron chi connectivity index (χ3n) is 5.53. The van der Waals surface area contributed by atoms with Gasteiger partial charge in [-0.15, -0.1) is 0 Å². The predicted molar refractivity (Wildman–Crippen MR) is 101 cm³/mol. The quantitative estimate of drug-likeness (QED) is 0.852. The van der Waals surface area contributed by atoms with Gasteiger partial charge in [0.25, 0.3) is 0 Å². The zero-order valence-corrected chi connectivity index (χ0v) is 16.3. The molecule has 1 saturated carbocycles. The number of methoxy groups -OCH3 is 1. The lowest BCUT2D eigenvalue weighted by atomic mass is 9.79. The molecule has 1 saturated heterocycles. The molecule has 3 rings (SSSR count). The summed E-state index contributed by atoms with van der Waals surface area (Å²) in [5.74, 6) is 0.642. The molecule has 1 N–H and O–H groups in total. The van der Waals surface area contributed by atoms with Crippen molar-refractivity contribution in [2.45, 2.75) is 56.5 Å². The van der Waals surface area contributed by atoms with E-state index in [1.54, 1.807) is 4.90 Å². The van der Waals surface area contributed by atoms with Crippen molar-refractivity contribution >= 4 is 16.1 Å². The Morgan fingerprint density at radius 3 is 2.65 bits per heavy atom. The average Bonchev–Trinajstić information content (AvgIpc) is 2.53. The number of hydrogen-bond acceptors (Lipinski definition) is 4. The average molecular weight is 381 g/mol. The summed E-state index contributed by atoms with van der Waals surface area (Å²) >= 11 is 0. The molecule has 1 aromatic rings. The molecule has 7 heteroatoms. The Morgan fingerprint density at radius 1 is 1.27 bits per heavy atom. The second-order valence-electron chi connectivity index (χ2n) is 7.45. The number of benzene rings is 1. The first-order valence-electron chi connectivity index (χ1n) is 9.28. The van der Waals surface area contributed by atoms with Crippen LogP contribution >= 0.6 is 0 Å². The lowest BCUT2D eigenvalue weighted by Crippen LogP contribution is -2.57. The first-order chi connectivity index (χ1) is 12.4. The fraction of sp³-hybridized carbons (Fsp3) is 0.632. The van der Waals surface area contributed by atoms with Crippen molar-refractivity contribution < 1.29 is 17.9 Å². The van der Waals surface area contributed by atoms with Crippen LogP contribution in [0.15, 0.2) is 24.3 Å². The Morgan fingerprint density at radius 2 is 2.04 bits per heavy atom. The number of ether oxygens (including phenoxy) is 1. The maximum Gasteiger partial charge on any atom is 0.409 e. The van der Waals surface area contributed by atoms with Crippen LogP contribution in [0.1, 0.15) is 49.1 Å². The van der Waals surface area contributed by atoms with Crippen LogP contribution in [-0.4, -0.2) is 51.4 Å². The Labute approximate surface area is 156 Å². The monoisotopic (exact) mass is 380 g/mol. The third kappa shape index (κ3) is 4.57. The molecule has 1 aromatic carbocycles. The number of nitrogens with one attached hydrogen (secondary N) is 1. The molecule has 6 nitrogen and oxygen atoms in total. The van der Waals surface area contributed by atoms with Gasteiger partial charge in [-0.2, -0.15) is 0 Å². The Balaban J connectivity index is 1.83. The first kappa shape index (κ1) is 19.2. The van der Waals surface area contributed by atoms with E-state index in [4.69, 9.17) is 4.74 Å². The standard InChI is InChI=1S/C19H28N2O4S/c1-25-19(22)21-11-5-10-17(20-26(2,23)24)18(21)13-14-6-3-9-16(12-14)15-7-4-8-15/h3,6,9,12,15,17-18,20H,4-5,7-8,10-11,13H2,1-2H3. The minimum atomic E-state index is -3.35. The molecule has 1 aliphatic carbocycles. The molecule has 0 spiro atoms. The molecule has 0 aromatic heterocycles. The van der Waals surface area contributed by atoms with Crippen molar-refractivity contribution in [1.29, 1.82) is 0 Å². The predicted octanol–water partition coefficient (Wildman–Crippen LogP) is 2.65. The van der Waals surface area contributed by atoms with Crippen LogP contribution < -0.4 is 4.72 Å². The summed E-state index contributed by atoms with van der Waals surface area (Å²) in [6, 6.07) is 7.95. The molecule has 1 aliphatic heterocycles. The molecule has 2 atom stereocenters. The number of sulfonamides is 1. The van der Waals surface area contributed by atoms with Crippen LogP contribution in [0.3, 0.4) is 0 Å². The summed E-state index contributed by atoms with van der Waals surface area (Å²) in [6.45, 7) is 0.585. The number of piperidine rings is 1. The van der Waals surface area contributed by atoms with Crippen molar-refractivity contribution in [1.82, 2.24) is 9.62 Å². The van der Waals surface area contributed by atoms with Gasteiger partial charge in [-0.25, -0.2) is 17.9 Å². The molecule has 2 unspecified atom stereocenters. The Kier molecular flexibility index (Phi) is 5.87. The minimum absolute atomic E-state index is 0.248. The van der Waals surface area contributed by atoms with Crippen molar-refractivity contribution in [2.24, 2.45) is 0 Å². The van der Waals surface area contributed by atoms with Gasteiger partial charge < -0.3 is 9.64 Å². The molecular formula is C19H28N2O4S. The summed E-state index contributed by atoms with van der Waals surface area (Å²) in [5.41, 5.74) is 2.48. The van der Waals surface area contributed by atoms with E-state index in [1.165, 1.54) is 38.2 Å². The van der Waals surface area contributed by atoms with Gasteiger partial charge in [0.2, 0.25) is 10.0 Å². The molecule has 26 heavy (non-hydrogen) atoms. The van der Waals surface area contributed by atoms with Crippen LogP contribution in [0.5, 0.6) is 0 Å². The van der Waals surface area contributed by atoms with E-state index in [0.29, 0.717) is 25.3 Å². The molecular weight excluding hydrogens is 352 g/mol. The van der Waals surface area contributed by atoms with E-state index < -0.39 is 16.1 Å². The number of nitrogens with zero attached hydrogens (tertiary/aromatic N) is 1. The topological polar surface area (TPSA) is 75.7 Å². The minimum Gasteiger partial charge on any atom is -0.453 e. The van der Waals surface area contributed by atoms with E-state index >= 15 is 0 Å². The van der Waals surface area contributed by atoms with Crippen molar-refractivity contribution in [3.8, 4) is 0 Å². The van der Waals surface area contributed by atoms with Crippen molar-refractivity contribution in [3.05, 3.63) is 35.4 Å². The highest BCUT2D eigenvalue weighted by Gasteiger charge is 2.36.